The van der Waals surface area contributed by atoms with E-state index in [1.165, 1.54) is 0 Å². The van der Waals surface area contributed by atoms with Gasteiger partial charge in [0.1, 0.15) is 12.2 Å². The fourth-order valence-electron chi connectivity index (χ4n) is 8.46. The summed E-state index contributed by atoms with van der Waals surface area (Å²) in [7, 11) is 0. The number of nitrogens with two attached hydrogens (primary N) is 1. The lowest BCUT2D eigenvalue weighted by Crippen LogP contribution is -2.60. The van der Waals surface area contributed by atoms with E-state index in [4.69, 9.17) is 29.4 Å². The van der Waals surface area contributed by atoms with Crippen molar-refractivity contribution in [1.82, 2.24) is 5.32 Å². The average Bonchev–Trinajstić information content (AvgIpc) is 3.77. The summed E-state index contributed by atoms with van der Waals surface area (Å²) in [4.78, 5) is 26.4. The third-order valence-electron chi connectivity index (χ3n) is 12.3. The number of fused-ring (bicyclic) bond motifs is 2. The van der Waals surface area contributed by atoms with Crippen LogP contribution in [0.25, 0.3) is 0 Å². The summed E-state index contributed by atoms with van der Waals surface area (Å²) >= 11 is 0. The number of hydrogen-bond acceptors (Lipinski definition) is 18. The van der Waals surface area contributed by atoms with Crippen molar-refractivity contribution in [3.63, 3.8) is 0 Å². The molecule has 68 heavy (non-hydrogen) atoms. The van der Waals surface area contributed by atoms with Gasteiger partial charge in [-0.2, -0.15) is 0 Å². The monoisotopic (exact) mass is 965 g/mol. The average molecular weight is 965 g/mol. The van der Waals surface area contributed by atoms with Gasteiger partial charge in [0.2, 0.25) is 5.91 Å². The second kappa shape index (κ2) is 29.0. The Morgan fingerprint density at radius 2 is 1.32 bits per heavy atom. The number of amides is 1. The molecule has 4 heterocycles. The van der Waals surface area contributed by atoms with Gasteiger partial charge in [0.25, 0.3) is 0 Å². The van der Waals surface area contributed by atoms with E-state index in [9.17, 15) is 60.7 Å². The molecule has 0 aliphatic carbocycles. The molecular formula is C49H76N2O17. The zero-order valence-electron chi connectivity index (χ0n) is 39.0. The third kappa shape index (κ3) is 19.7. The largest absolute Gasteiger partial charge is 0.462 e. The first-order chi connectivity index (χ1) is 32.3. The molecule has 19 heteroatoms. The molecule has 9 unspecified atom stereocenters. The third-order valence-corrected chi connectivity index (χ3v) is 12.3. The van der Waals surface area contributed by atoms with E-state index in [-0.39, 0.29) is 57.3 Å². The number of carbonyl (C=O) groups excluding carboxylic acids is 2. The second-order valence-corrected chi connectivity index (χ2v) is 18.4. The molecule has 0 aromatic rings. The number of nitrogens with one attached hydrogen (secondary N) is 1. The van der Waals surface area contributed by atoms with Gasteiger partial charge in [0.15, 0.2) is 12.1 Å². The lowest BCUT2D eigenvalue weighted by molar-refractivity contribution is -0.304. The molecule has 3 fully saturated rings. The molecule has 384 valence electrons. The van der Waals surface area contributed by atoms with Gasteiger partial charge in [0.05, 0.1) is 98.7 Å². The number of carbonyl (C=O) groups is 2. The van der Waals surface area contributed by atoms with Crippen LogP contribution in [0.15, 0.2) is 85.1 Å². The zero-order valence-corrected chi connectivity index (χ0v) is 39.0. The molecular weight excluding hydrogens is 889 g/mol. The highest BCUT2D eigenvalue weighted by Crippen LogP contribution is 2.38. The van der Waals surface area contributed by atoms with Crippen LogP contribution in [0, 0.1) is 11.8 Å². The summed E-state index contributed by atoms with van der Waals surface area (Å²) in [6.45, 7) is 3.90. The highest BCUT2D eigenvalue weighted by Gasteiger charge is 2.51. The highest BCUT2D eigenvalue weighted by molar-refractivity contribution is 5.80. The Morgan fingerprint density at radius 3 is 1.96 bits per heavy atom. The minimum Gasteiger partial charge on any atom is -0.462 e. The molecule has 2 bridgehead atoms. The van der Waals surface area contributed by atoms with Crippen LogP contribution in [-0.2, 0) is 33.3 Å². The fourth-order valence-corrected chi connectivity index (χ4v) is 8.46. The summed E-state index contributed by atoms with van der Waals surface area (Å²) in [5.41, 5.74) is 6.01. The van der Waals surface area contributed by atoms with Crippen LogP contribution >= 0.6 is 0 Å². The molecule has 4 aliphatic rings. The van der Waals surface area contributed by atoms with Crippen molar-refractivity contribution in [2.75, 3.05) is 19.8 Å². The van der Waals surface area contributed by atoms with E-state index in [1.54, 1.807) is 61.6 Å². The minimum absolute atomic E-state index is 0.0894. The number of rotatable bonds is 4. The molecule has 4 aliphatic heterocycles. The van der Waals surface area contributed by atoms with Crippen molar-refractivity contribution >= 4 is 11.9 Å². The molecule has 0 saturated carbocycles. The van der Waals surface area contributed by atoms with E-state index in [0.29, 0.717) is 13.0 Å². The van der Waals surface area contributed by atoms with E-state index in [1.807, 2.05) is 37.3 Å². The molecule has 0 radical (unpaired) electrons. The van der Waals surface area contributed by atoms with E-state index >= 15 is 0 Å². The summed E-state index contributed by atoms with van der Waals surface area (Å²) in [5, 5.41) is 112. The Balaban J connectivity index is 1.57. The van der Waals surface area contributed by atoms with Gasteiger partial charge in [-0.3, -0.25) is 9.59 Å². The number of cyclic esters (lactones) is 1. The van der Waals surface area contributed by atoms with Gasteiger partial charge in [-0.25, -0.2) is 0 Å². The van der Waals surface area contributed by atoms with Gasteiger partial charge in [-0.05, 0) is 32.6 Å². The molecule has 4 rings (SSSR count). The van der Waals surface area contributed by atoms with Gasteiger partial charge in [0, 0.05) is 44.6 Å². The van der Waals surface area contributed by atoms with Crippen LogP contribution in [0.1, 0.15) is 78.1 Å². The molecule has 0 spiro atoms. The maximum absolute atomic E-state index is 13.8. The van der Waals surface area contributed by atoms with Crippen LogP contribution in [0.3, 0.4) is 0 Å². The lowest BCUT2D eigenvalue weighted by atomic mass is 9.82. The number of esters is 1. The van der Waals surface area contributed by atoms with Gasteiger partial charge >= 0.3 is 5.97 Å². The number of hydrogen-bond donors (Lipinski definition) is 12. The summed E-state index contributed by atoms with van der Waals surface area (Å²) in [6.07, 6.45) is 6.52. The van der Waals surface area contributed by atoms with E-state index in [0.717, 1.165) is 0 Å². The van der Waals surface area contributed by atoms with Crippen LogP contribution in [-0.4, -0.2) is 180 Å². The summed E-state index contributed by atoms with van der Waals surface area (Å²) < 4.78 is 28.8. The second-order valence-electron chi connectivity index (χ2n) is 18.4. The standard InChI is InChI=1S/C49H76N2O17/c1-30-15-13-11-9-7-5-3-4-6-8-10-12-14-16-36(67-48-46(61)45(50)41(59)29-65-48)25-42-44(47(62)51-32-19-20-64-28-32)40(58)27-49(63,68-42)26-35(54)23-39(57)37(55)18-17-33(52)22-34(53)24-43(60)66-31(2)21-38(30)56/h3-16,30-42,44-46,48,52-59,61,63H,17-29,50H2,1-2H3,(H,51,62)/b4-3+,7-5+,8-6+,11-9+,12-10+,15-13+,16-14+/t30-,31-,32?,33?,34?,35?,36?,37?,38-,39?,40-,41+,42-,44?,45-,46-,48-,49?/m0/s1. The zero-order chi connectivity index (χ0) is 49.8. The molecule has 1 amide bonds. The van der Waals surface area contributed by atoms with Crippen molar-refractivity contribution in [3.05, 3.63) is 85.1 Å². The van der Waals surface area contributed by atoms with E-state index in [2.05, 4.69) is 5.32 Å². The number of aliphatic hydroxyl groups excluding tert-OH is 9. The molecule has 0 aromatic heterocycles. The van der Waals surface area contributed by atoms with Crippen molar-refractivity contribution in [2.45, 2.75) is 175 Å². The van der Waals surface area contributed by atoms with Crippen LogP contribution in [0.4, 0.5) is 0 Å². The first-order valence-corrected chi connectivity index (χ1v) is 23.6. The summed E-state index contributed by atoms with van der Waals surface area (Å²) in [5.74, 6) is -5.09. The fraction of sp³-hybridized carbons (Fsp3) is 0.673. The van der Waals surface area contributed by atoms with Crippen LogP contribution in [0.2, 0.25) is 0 Å². The number of allylic oxidation sites excluding steroid dienone is 12. The molecule has 3 saturated heterocycles. The highest BCUT2D eigenvalue weighted by atomic mass is 16.7. The summed E-state index contributed by atoms with van der Waals surface area (Å²) in [6, 6.07) is -1.45. The lowest BCUT2D eigenvalue weighted by Gasteiger charge is -2.46. The molecule has 0 aromatic carbocycles. The molecule has 18 atom stereocenters. The van der Waals surface area contributed by atoms with Gasteiger partial charge in [-0.1, -0.05) is 92.0 Å². The Kier molecular flexibility index (Phi) is 24.4. The predicted octanol–water partition coefficient (Wildman–Crippen LogP) is -0.102. The number of ether oxygens (including phenoxy) is 5. The van der Waals surface area contributed by atoms with Crippen molar-refractivity contribution in [2.24, 2.45) is 17.6 Å². The maximum Gasteiger partial charge on any atom is 0.308 e. The first-order valence-electron chi connectivity index (χ1n) is 23.6. The van der Waals surface area contributed by atoms with Crippen LogP contribution < -0.4 is 11.1 Å². The molecule has 13 N–H and O–H groups in total. The van der Waals surface area contributed by atoms with Crippen molar-refractivity contribution in [3.8, 4) is 0 Å². The first kappa shape index (κ1) is 57.1. The molecule has 19 nitrogen and oxygen atoms in total. The Bertz CT molecular complexity index is 1730. The SMILES string of the molecule is C[C@H]1C[C@H](O)[C@@H](C)/C=C/C=C/C=C/C=C/C=C/C=C/C=C/C(O[C@@H]2OC[C@@H](O)[C@H](N)[C@@H]2O)C[C@@H]2OC(O)(CC(O)CC(O)C(O)CCC(O)CC(O)CC(=O)O1)C[C@H](O)C2C(=O)NC1CCOC1. The quantitative estimate of drug-likeness (QED) is 0.164. The Hall–Kier alpha value is -3.48. The van der Waals surface area contributed by atoms with E-state index < -0.39 is 135 Å². The van der Waals surface area contributed by atoms with Gasteiger partial charge < -0.3 is 85.8 Å². The maximum atomic E-state index is 13.8. The van der Waals surface area contributed by atoms with Crippen LogP contribution in [0.5, 0.6) is 0 Å². The minimum atomic E-state index is -2.26. The Labute approximate surface area is 398 Å². The van der Waals surface area contributed by atoms with Crippen molar-refractivity contribution in [1.29, 1.82) is 0 Å². The predicted molar refractivity (Wildman–Crippen MR) is 248 cm³/mol. The van der Waals surface area contributed by atoms with Crippen molar-refractivity contribution < 1.29 is 84.3 Å². The Morgan fingerprint density at radius 1 is 0.691 bits per heavy atom. The normalized spacial score (nSPS) is 44.0. The topological polar surface area (TPSA) is 321 Å². The van der Waals surface area contributed by atoms with Gasteiger partial charge in [-0.15, -0.1) is 0 Å². The number of aliphatic hydroxyl groups is 10. The smallest absolute Gasteiger partial charge is 0.308 e.